The van der Waals surface area contributed by atoms with Crippen LogP contribution in [-0.2, 0) is 6.54 Å². The van der Waals surface area contributed by atoms with Gasteiger partial charge in [-0.1, -0.05) is 6.08 Å². The lowest BCUT2D eigenvalue weighted by atomic mass is 10.1. The smallest absolute Gasteiger partial charge is 0.0923 e. The third kappa shape index (κ3) is 6.34. The van der Waals surface area contributed by atoms with Crippen LogP contribution < -0.4 is 0 Å². The third-order valence-electron chi connectivity index (χ3n) is 3.02. The van der Waals surface area contributed by atoms with Crippen LogP contribution in [-0.4, -0.2) is 54.2 Å². The molecule has 0 fully saturated rings. The van der Waals surface area contributed by atoms with Gasteiger partial charge in [-0.05, 0) is 40.1 Å². The van der Waals surface area contributed by atoms with Gasteiger partial charge in [-0.3, -0.25) is 4.90 Å². The van der Waals surface area contributed by atoms with E-state index in [0.29, 0.717) is 6.54 Å². The molecule has 1 aromatic heterocycles. The first-order chi connectivity index (χ1) is 8.82. The highest BCUT2D eigenvalue weighted by molar-refractivity contribution is 7.11. The quantitative estimate of drug-likeness (QED) is 0.742. The Kier molecular flexibility index (Phi) is 6.20. The summed E-state index contributed by atoms with van der Waals surface area (Å²) in [7, 11) is 4.14. The third-order valence-corrected chi connectivity index (χ3v) is 4.01. The van der Waals surface area contributed by atoms with Crippen molar-refractivity contribution in [1.82, 2.24) is 9.80 Å². The van der Waals surface area contributed by atoms with Crippen LogP contribution in [0.3, 0.4) is 0 Å². The predicted molar refractivity (Wildman–Crippen MR) is 83.7 cm³/mol. The second-order valence-electron chi connectivity index (χ2n) is 5.59. The van der Waals surface area contributed by atoms with E-state index in [2.05, 4.69) is 49.5 Å². The average Bonchev–Trinajstić information content (AvgIpc) is 2.71. The second kappa shape index (κ2) is 7.20. The first-order valence-electron chi connectivity index (χ1n) is 6.61. The van der Waals surface area contributed by atoms with Crippen molar-refractivity contribution in [3.63, 3.8) is 0 Å². The maximum Gasteiger partial charge on any atom is 0.0923 e. The molecule has 0 spiro atoms. The minimum Gasteiger partial charge on any atom is -0.385 e. The summed E-state index contributed by atoms with van der Waals surface area (Å²) in [5, 5.41) is 10.2. The van der Waals surface area contributed by atoms with Gasteiger partial charge < -0.3 is 10.0 Å². The molecule has 0 aromatic carbocycles. The molecule has 0 saturated heterocycles. The van der Waals surface area contributed by atoms with E-state index in [-0.39, 0.29) is 0 Å². The molecule has 0 radical (unpaired) electrons. The van der Waals surface area contributed by atoms with Crippen molar-refractivity contribution in [3.8, 4) is 0 Å². The summed E-state index contributed by atoms with van der Waals surface area (Å²) in [4.78, 5) is 7.12. The molecule has 0 aliphatic heterocycles. The van der Waals surface area contributed by atoms with E-state index >= 15 is 0 Å². The van der Waals surface area contributed by atoms with E-state index in [1.165, 1.54) is 9.75 Å². The predicted octanol–water partition coefficient (Wildman–Crippen LogP) is 2.36. The Morgan fingerprint density at radius 2 is 2.05 bits per heavy atom. The van der Waals surface area contributed by atoms with Crippen molar-refractivity contribution in [1.29, 1.82) is 0 Å². The maximum atomic E-state index is 10.2. The molecule has 0 saturated carbocycles. The summed E-state index contributed by atoms with van der Waals surface area (Å²) in [6.45, 7) is 11.1. The molecule has 1 rings (SSSR count). The molecule has 1 unspecified atom stereocenters. The number of thiophene rings is 1. The number of nitrogens with zero attached hydrogens (tertiary/aromatic N) is 2. The van der Waals surface area contributed by atoms with Gasteiger partial charge in [-0.15, -0.1) is 17.9 Å². The molecule has 1 heterocycles. The lowest BCUT2D eigenvalue weighted by Gasteiger charge is -2.30. The molecule has 0 bridgehead atoms. The van der Waals surface area contributed by atoms with Crippen LogP contribution in [0.25, 0.3) is 0 Å². The van der Waals surface area contributed by atoms with E-state index in [0.717, 1.165) is 19.6 Å². The van der Waals surface area contributed by atoms with Gasteiger partial charge in [0.25, 0.3) is 0 Å². The van der Waals surface area contributed by atoms with Gasteiger partial charge >= 0.3 is 0 Å². The zero-order valence-corrected chi connectivity index (χ0v) is 13.3. The van der Waals surface area contributed by atoms with Gasteiger partial charge in [0.2, 0.25) is 0 Å². The Morgan fingerprint density at radius 3 is 2.53 bits per heavy atom. The monoisotopic (exact) mass is 282 g/mol. The largest absolute Gasteiger partial charge is 0.385 e. The fourth-order valence-electron chi connectivity index (χ4n) is 1.86. The Labute approximate surface area is 121 Å². The second-order valence-corrected chi connectivity index (χ2v) is 6.96. The van der Waals surface area contributed by atoms with Crippen LogP contribution in [0.2, 0.25) is 0 Å². The number of rotatable bonds is 8. The van der Waals surface area contributed by atoms with Gasteiger partial charge in [0, 0.05) is 35.9 Å². The first kappa shape index (κ1) is 16.4. The van der Waals surface area contributed by atoms with Crippen molar-refractivity contribution >= 4 is 11.3 Å². The Morgan fingerprint density at radius 1 is 1.37 bits per heavy atom. The molecular weight excluding hydrogens is 256 g/mol. The highest BCUT2D eigenvalue weighted by Crippen LogP contribution is 2.18. The number of hydrogen-bond acceptors (Lipinski definition) is 4. The average molecular weight is 282 g/mol. The first-order valence-corrected chi connectivity index (χ1v) is 7.42. The highest BCUT2D eigenvalue weighted by Gasteiger charge is 2.20. The van der Waals surface area contributed by atoms with Crippen LogP contribution in [0.4, 0.5) is 0 Å². The molecule has 0 aliphatic carbocycles. The fraction of sp³-hybridized carbons (Fsp3) is 0.600. The van der Waals surface area contributed by atoms with Crippen LogP contribution in [0.1, 0.15) is 16.7 Å². The zero-order valence-electron chi connectivity index (χ0n) is 12.5. The number of hydrogen-bond donors (Lipinski definition) is 1. The minimum atomic E-state index is -0.835. The van der Waals surface area contributed by atoms with Gasteiger partial charge in [0.1, 0.15) is 0 Å². The molecule has 4 heteroatoms. The Balaban J connectivity index is 2.65. The van der Waals surface area contributed by atoms with Crippen LogP contribution in [0, 0.1) is 6.92 Å². The SMILES string of the molecule is C=CC(C)(O)CN(CCN(C)C)Cc1ccc(C)s1. The van der Waals surface area contributed by atoms with Gasteiger partial charge in [0.15, 0.2) is 0 Å². The summed E-state index contributed by atoms with van der Waals surface area (Å²) in [6.07, 6.45) is 1.62. The van der Waals surface area contributed by atoms with Gasteiger partial charge in [0.05, 0.1) is 5.60 Å². The van der Waals surface area contributed by atoms with E-state index < -0.39 is 5.60 Å². The normalized spacial score (nSPS) is 14.9. The van der Waals surface area contributed by atoms with Crippen molar-refractivity contribution in [2.24, 2.45) is 0 Å². The Hall–Kier alpha value is -0.680. The standard InChI is InChI=1S/C15H26N2OS/c1-6-15(3,18)12-17(10-9-16(4)5)11-14-8-7-13(2)19-14/h6-8,18H,1,9-12H2,2-5H3. The zero-order chi connectivity index (χ0) is 14.5. The van der Waals surface area contributed by atoms with Crippen LogP contribution in [0.5, 0.6) is 0 Å². The molecule has 0 aliphatic rings. The van der Waals surface area contributed by atoms with Crippen molar-refractivity contribution in [2.75, 3.05) is 33.7 Å². The number of aliphatic hydroxyl groups is 1. The van der Waals surface area contributed by atoms with E-state index in [1.54, 1.807) is 6.08 Å². The topological polar surface area (TPSA) is 26.7 Å². The Bertz CT molecular complexity index is 399. The molecule has 1 aromatic rings. The molecule has 1 atom stereocenters. The molecule has 19 heavy (non-hydrogen) atoms. The van der Waals surface area contributed by atoms with Crippen molar-refractivity contribution in [2.45, 2.75) is 26.0 Å². The van der Waals surface area contributed by atoms with Crippen molar-refractivity contribution < 1.29 is 5.11 Å². The van der Waals surface area contributed by atoms with E-state index in [1.807, 2.05) is 18.3 Å². The maximum absolute atomic E-state index is 10.2. The summed E-state index contributed by atoms with van der Waals surface area (Å²) in [5.74, 6) is 0. The molecular formula is C15H26N2OS. The number of aryl methyl sites for hydroxylation is 1. The molecule has 1 N–H and O–H groups in total. The van der Waals surface area contributed by atoms with E-state index in [9.17, 15) is 5.11 Å². The lowest BCUT2D eigenvalue weighted by Crippen LogP contribution is -2.41. The molecule has 3 nitrogen and oxygen atoms in total. The number of likely N-dealkylation sites (N-methyl/N-ethyl adjacent to an activating group) is 1. The van der Waals surface area contributed by atoms with Crippen molar-refractivity contribution in [3.05, 3.63) is 34.5 Å². The van der Waals surface area contributed by atoms with Gasteiger partial charge in [-0.25, -0.2) is 0 Å². The highest BCUT2D eigenvalue weighted by atomic mass is 32.1. The van der Waals surface area contributed by atoms with Crippen LogP contribution in [0.15, 0.2) is 24.8 Å². The lowest BCUT2D eigenvalue weighted by molar-refractivity contribution is 0.0566. The minimum absolute atomic E-state index is 0.612. The summed E-state index contributed by atoms with van der Waals surface area (Å²) < 4.78 is 0. The summed E-state index contributed by atoms with van der Waals surface area (Å²) in [6, 6.07) is 4.32. The van der Waals surface area contributed by atoms with Crippen LogP contribution >= 0.6 is 11.3 Å². The molecule has 0 amide bonds. The van der Waals surface area contributed by atoms with Gasteiger partial charge in [-0.2, -0.15) is 0 Å². The fourth-order valence-corrected chi connectivity index (χ4v) is 2.80. The summed E-state index contributed by atoms with van der Waals surface area (Å²) >= 11 is 1.82. The van der Waals surface area contributed by atoms with E-state index in [4.69, 9.17) is 0 Å². The summed E-state index contributed by atoms with van der Waals surface area (Å²) in [5.41, 5.74) is -0.835. The molecule has 108 valence electrons.